The number of amides is 1. The topological polar surface area (TPSA) is 96.5 Å². The summed E-state index contributed by atoms with van der Waals surface area (Å²) in [7, 11) is -1.70. The molecule has 0 aromatic carbocycles. The highest BCUT2D eigenvalue weighted by Gasteiger charge is 2.21. The number of hydrogen-bond donors (Lipinski definition) is 3. The van der Waals surface area contributed by atoms with Crippen molar-refractivity contribution in [1.29, 1.82) is 0 Å². The number of hydrogen-bond acceptors (Lipinski definition) is 5. The Bertz CT molecular complexity index is 381. The summed E-state index contributed by atoms with van der Waals surface area (Å²) in [6.07, 6.45) is 1.11. The molecule has 0 rings (SSSR count). The van der Waals surface area contributed by atoms with Gasteiger partial charge in [-0.3, -0.25) is 4.79 Å². The smallest absolute Gasteiger partial charge is 0.234 e. The van der Waals surface area contributed by atoms with E-state index >= 15 is 0 Å². The summed E-state index contributed by atoms with van der Waals surface area (Å²) in [6.45, 7) is 6.26. The first-order valence-electron chi connectivity index (χ1n) is 6.04. The van der Waals surface area contributed by atoms with Gasteiger partial charge in [-0.15, -0.1) is 0 Å². The van der Waals surface area contributed by atoms with E-state index in [0.717, 1.165) is 6.26 Å². The van der Waals surface area contributed by atoms with Gasteiger partial charge in [0, 0.05) is 25.2 Å². The Hall–Kier alpha value is -0.700. The number of carbonyl (C=O) groups excluding carboxylic acids is 1. The van der Waals surface area contributed by atoms with E-state index in [4.69, 9.17) is 4.74 Å². The highest BCUT2D eigenvalue weighted by atomic mass is 32.2. The molecular weight excluding hydrogens is 270 g/mol. The van der Waals surface area contributed by atoms with Crippen molar-refractivity contribution in [3.63, 3.8) is 0 Å². The summed E-state index contributed by atoms with van der Waals surface area (Å²) >= 11 is 0. The molecule has 3 N–H and O–H groups in total. The molecule has 0 saturated heterocycles. The van der Waals surface area contributed by atoms with Crippen LogP contribution in [-0.4, -0.2) is 59.0 Å². The molecule has 0 aliphatic heterocycles. The lowest BCUT2D eigenvalue weighted by Crippen LogP contribution is -2.51. The summed E-state index contributed by atoms with van der Waals surface area (Å²) in [4.78, 5) is 11.5. The lowest BCUT2D eigenvalue weighted by atomic mass is 10.1. The van der Waals surface area contributed by atoms with Gasteiger partial charge in [0.15, 0.2) is 0 Å². The van der Waals surface area contributed by atoms with Crippen LogP contribution in [0.1, 0.15) is 20.8 Å². The molecule has 1 atom stereocenters. The van der Waals surface area contributed by atoms with Crippen molar-refractivity contribution in [3.8, 4) is 0 Å². The Balaban J connectivity index is 3.99. The Kier molecular flexibility index (Phi) is 7.50. The number of carbonyl (C=O) groups is 1. The van der Waals surface area contributed by atoms with Crippen LogP contribution in [0.2, 0.25) is 0 Å². The van der Waals surface area contributed by atoms with Gasteiger partial charge in [0.25, 0.3) is 0 Å². The quantitative estimate of drug-likeness (QED) is 0.510. The van der Waals surface area contributed by atoms with Crippen LogP contribution in [-0.2, 0) is 19.6 Å². The second-order valence-electron chi connectivity index (χ2n) is 5.29. The van der Waals surface area contributed by atoms with Crippen molar-refractivity contribution in [1.82, 2.24) is 15.4 Å². The zero-order valence-electron chi connectivity index (χ0n) is 12.2. The van der Waals surface area contributed by atoms with Crippen LogP contribution in [0.5, 0.6) is 0 Å². The van der Waals surface area contributed by atoms with Crippen LogP contribution >= 0.6 is 0 Å². The van der Waals surface area contributed by atoms with E-state index in [1.165, 1.54) is 0 Å². The van der Waals surface area contributed by atoms with Gasteiger partial charge in [0.2, 0.25) is 15.9 Å². The van der Waals surface area contributed by atoms with E-state index < -0.39 is 15.6 Å². The first kappa shape index (κ1) is 18.3. The second-order valence-corrected chi connectivity index (χ2v) is 7.03. The molecule has 0 heterocycles. The van der Waals surface area contributed by atoms with Crippen molar-refractivity contribution in [2.45, 2.75) is 32.4 Å². The Morgan fingerprint density at radius 3 is 2.42 bits per heavy atom. The zero-order chi connectivity index (χ0) is 15.1. The van der Waals surface area contributed by atoms with E-state index in [1.807, 2.05) is 6.92 Å². The predicted octanol–water partition coefficient (Wildman–Crippen LogP) is -0.945. The summed E-state index contributed by atoms with van der Waals surface area (Å²) in [5, 5.41) is 5.67. The van der Waals surface area contributed by atoms with Crippen molar-refractivity contribution in [3.05, 3.63) is 0 Å². The number of rotatable bonds is 9. The SMILES string of the molecule is COCC(C)NC(=O)CNCC(C)(C)NS(C)(=O)=O. The summed E-state index contributed by atoms with van der Waals surface area (Å²) in [5.74, 6) is -0.153. The molecule has 1 unspecified atom stereocenters. The fourth-order valence-electron chi connectivity index (χ4n) is 1.64. The first-order chi connectivity index (χ1) is 8.56. The molecule has 0 radical (unpaired) electrons. The third kappa shape index (κ3) is 10.9. The minimum atomic E-state index is -3.27. The fourth-order valence-corrected chi connectivity index (χ4v) is 2.72. The number of methoxy groups -OCH3 is 1. The Labute approximate surface area is 115 Å². The number of ether oxygens (including phenoxy) is 1. The van der Waals surface area contributed by atoms with Gasteiger partial charge in [-0.25, -0.2) is 13.1 Å². The lowest BCUT2D eigenvalue weighted by Gasteiger charge is -2.25. The molecule has 0 aliphatic carbocycles. The van der Waals surface area contributed by atoms with E-state index in [1.54, 1.807) is 21.0 Å². The van der Waals surface area contributed by atoms with Gasteiger partial charge < -0.3 is 15.4 Å². The zero-order valence-corrected chi connectivity index (χ0v) is 13.1. The minimum Gasteiger partial charge on any atom is -0.383 e. The van der Waals surface area contributed by atoms with E-state index in [-0.39, 0.29) is 18.5 Å². The maximum Gasteiger partial charge on any atom is 0.234 e. The molecule has 7 nitrogen and oxygen atoms in total. The van der Waals surface area contributed by atoms with Gasteiger partial charge in [-0.05, 0) is 20.8 Å². The summed E-state index contributed by atoms with van der Waals surface area (Å²) < 4.78 is 29.7. The van der Waals surface area contributed by atoms with Crippen LogP contribution in [0.25, 0.3) is 0 Å². The van der Waals surface area contributed by atoms with Crippen LogP contribution in [0.4, 0.5) is 0 Å². The molecule has 19 heavy (non-hydrogen) atoms. The predicted molar refractivity (Wildman–Crippen MR) is 74.4 cm³/mol. The van der Waals surface area contributed by atoms with Gasteiger partial charge in [-0.2, -0.15) is 0 Å². The molecule has 0 aromatic rings. The third-order valence-electron chi connectivity index (χ3n) is 2.14. The lowest BCUT2D eigenvalue weighted by molar-refractivity contribution is -0.121. The van der Waals surface area contributed by atoms with Gasteiger partial charge in [-0.1, -0.05) is 0 Å². The van der Waals surface area contributed by atoms with E-state index in [2.05, 4.69) is 15.4 Å². The standard InChI is InChI=1S/C11H25N3O4S/c1-9(7-18-4)13-10(15)6-12-8-11(2,3)14-19(5,16)17/h9,12,14H,6-8H2,1-5H3,(H,13,15). The molecule has 8 heteroatoms. The van der Waals surface area contributed by atoms with Crippen molar-refractivity contribution in [2.75, 3.05) is 33.1 Å². The molecule has 0 bridgehead atoms. The minimum absolute atomic E-state index is 0.0542. The highest BCUT2D eigenvalue weighted by molar-refractivity contribution is 7.88. The molecular formula is C11H25N3O4S. The number of sulfonamides is 1. The largest absolute Gasteiger partial charge is 0.383 e. The molecule has 0 aliphatic rings. The molecule has 0 spiro atoms. The maximum atomic E-state index is 11.5. The fraction of sp³-hybridized carbons (Fsp3) is 0.909. The molecule has 1 amide bonds. The number of nitrogens with one attached hydrogen (secondary N) is 3. The monoisotopic (exact) mass is 295 g/mol. The van der Waals surface area contributed by atoms with Crippen LogP contribution in [0.3, 0.4) is 0 Å². The first-order valence-corrected chi connectivity index (χ1v) is 7.93. The van der Waals surface area contributed by atoms with Gasteiger partial charge in [0.1, 0.15) is 0 Å². The summed E-state index contributed by atoms with van der Waals surface area (Å²) in [5.41, 5.74) is -0.647. The van der Waals surface area contributed by atoms with Crippen LogP contribution in [0.15, 0.2) is 0 Å². The van der Waals surface area contributed by atoms with Crippen LogP contribution in [0, 0.1) is 0 Å². The van der Waals surface area contributed by atoms with Gasteiger partial charge >= 0.3 is 0 Å². The normalized spacial score (nSPS) is 14.2. The van der Waals surface area contributed by atoms with Gasteiger partial charge in [0.05, 0.1) is 19.4 Å². The summed E-state index contributed by atoms with van der Waals surface area (Å²) in [6, 6.07) is -0.0542. The average Bonchev–Trinajstić information content (AvgIpc) is 2.12. The molecule has 114 valence electrons. The van der Waals surface area contributed by atoms with Crippen molar-refractivity contribution < 1.29 is 17.9 Å². The average molecular weight is 295 g/mol. The van der Waals surface area contributed by atoms with Crippen LogP contribution < -0.4 is 15.4 Å². The van der Waals surface area contributed by atoms with Crippen molar-refractivity contribution >= 4 is 15.9 Å². The van der Waals surface area contributed by atoms with Crippen molar-refractivity contribution in [2.24, 2.45) is 0 Å². The molecule has 0 saturated carbocycles. The maximum absolute atomic E-state index is 11.5. The van der Waals surface area contributed by atoms with E-state index in [0.29, 0.717) is 13.2 Å². The Morgan fingerprint density at radius 1 is 1.37 bits per heavy atom. The van der Waals surface area contributed by atoms with E-state index in [9.17, 15) is 13.2 Å². The molecule has 0 aromatic heterocycles. The third-order valence-corrected chi connectivity index (χ3v) is 3.06. The Morgan fingerprint density at radius 2 is 1.95 bits per heavy atom. The second kappa shape index (κ2) is 7.78. The molecule has 0 fully saturated rings. The highest BCUT2D eigenvalue weighted by Crippen LogP contribution is 2.01.